The number of aromatic nitrogens is 1. The van der Waals surface area contributed by atoms with Gasteiger partial charge in [-0.3, -0.25) is 9.69 Å². The van der Waals surface area contributed by atoms with E-state index in [1.807, 2.05) is 19.2 Å². The van der Waals surface area contributed by atoms with E-state index in [1.165, 1.54) is 0 Å². The van der Waals surface area contributed by atoms with E-state index in [2.05, 4.69) is 15.5 Å². The van der Waals surface area contributed by atoms with Crippen LogP contribution < -0.4 is 10.2 Å². The summed E-state index contributed by atoms with van der Waals surface area (Å²) in [6.45, 7) is 7.61. The van der Waals surface area contributed by atoms with Crippen LogP contribution in [0.2, 0.25) is 0 Å². The Labute approximate surface area is 129 Å². The molecule has 0 bridgehead atoms. The highest BCUT2D eigenvalue weighted by Gasteiger charge is 2.18. The normalized spacial score (nSPS) is 18.4. The highest BCUT2D eigenvalue weighted by atomic mass is 16.5. The summed E-state index contributed by atoms with van der Waals surface area (Å²) < 4.78 is 13.4. The molecule has 1 aromatic heterocycles. The van der Waals surface area contributed by atoms with Gasteiger partial charge in [0.25, 0.3) is 0 Å². The van der Waals surface area contributed by atoms with Crippen LogP contribution in [0.4, 0.5) is 0 Å². The maximum atomic E-state index is 12.5. The van der Waals surface area contributed by atoms with E-state index in [-0.39, 0.29) is 5.43 Å². The number of aryl methyl sites for hydroxylation is 1. The van der Waals surface area contributed by atoms with Crippen molar-refractivity contribution >= 4 is 10.9 Å². The fourth-order valence-electron chi connectivity index (χ4n) is 3.35. The van der Waals surface area contributed by atoms with E-state index < -0.39 is 0 Å². The number of hydrogen-bond acceptors (Lipinski definition) is 4. The van der Waals surface area contributed by atoms with Crippen molar-refractivity contribution in [2.75, 3.05) is 32.9 Å². The van der Waals surface area contributed by atoms with Crippen LogP contribution in [0.1, 0.15) is 11.1 Å². The summed E-state index contributed by atoms with van der Waals surface area (Å²) in [5.41, 5.74) is 2.99. The topological polar surface area (TPSA) is 43.7 Å². The zero-order valence-electron chi connectivity index (χ0n) is 12.8. The molecule has 1 aromatic carbocycles. The molecule has 22 heavy (non-hydrogen) atoms. The summed E-state index contributed by atoms with van der Waals surface area (Å²) in [7, 11) is 0. The average Bonchev–Trinajstić information content (AvgIpc) is 2.53. The highest BCUT2D eigenvalue weighted by molar-refractivity contribution is 5.86. The lowest BCUT2D eigenvalue weighted by molar-refractivity contribution is 0.0342. The fraction of sp³-hybridized carbons (Fsp3) is 0.471. The van der Waals surface area contributed by atoms with Gasteiger partial charge in [-0.05, 0) is 24.6 Å². The van der Waals surface area contributed by atoms with E-state index in [1.54, 1.807) is 0 Å². The average molecular weight is 300 g/mol. The number of pyridine rings is 1. The Morgan fingerprint density at radius 1 is 1.14 bits per heavy atom. The number of ether oxygens (including phenoxy) is 2. The van der Waals surface area contributed by atoms with Gasteiger partial charge in [0, 0.05) is 31.4 Å². The van der Waals surface area contributed by atoms with Crippen molar-refractivity contribution in [3.63, 3.8) is 0 Å². The van der Waals surface area contributed by atoms with E-state index >= 15 is 0 Å². The molecule has 0 spiro atoms. The van der Waals surface area contributed by atoms with E-state index in [0.29, 0.717) is 6.61 Å². The summed E-state index contributed by atoms with van der Waals surface area (Å²) in [6, 6.07) is 4.12. The predicted molar refractivity (Wildman–Crippen MR) is 84.5 cm³/mol. The molecule has 1 fully saturated rings. The molecule has 0 N–H and O–H groups in total. The third kappa shape index (κ3) is 2.30. The summed E-state index contributed by atoms with van der Waals surface area (Å²) in [4.78, 5) is 14.9. The van der Waals surface area contributed by atoms with Crippen LogP contribution in [0.3, 0.4) is 0 Å². The van der Waals surface area contributed by atoms with Crippen LogP contribution in [-0.4, -0.2) is 42.4 Å². The molecule has 5 heteroatoms. The molecular formula is C17H20N2O3. The second kappa shape index (κ2) is 5.41. The first-order valence-corrected chi connectivity index (χ1v) is 7.82. The molecule has 0 radical (unpaired) electrons. The molecule has 0 unspecified atom stereocenters. The molecule has 0 amide bonds. The Morgan fingerprint density at radius 2 is 1.95 bits per heavy atom. The van der Waals surface area contributed by atoms with Gasteiger partial charge in [-0.25, -0.2) is 0 Å². The molecule has 2 aliphatic heterocycles. The zero-order chi connectivity index (χ0) is 15.1. The second-order valence-corrected chi connectivity index (χ2v) is 6.06. The van der Waals surface area contributed by atoms with Gasteiger partial charge in [0.2, 0.25) is 0 Å². The second-order valence-electron chi connectivity index (χ2n) is 6.06. The first-order valence-electron chi connectivity index (χ1n) is 7.82. The Balaban J connectivity index is 1.81. The first-order chi connectivity index (χ1) is 10.7. The number of hydrogen-bond donors (Lipinski definition) is 0. The Bertz CT molecular complexity index is 776. The van der Waals surface area contributed by atoms with E-state index in [4.69, 9.17) is 9.47 Å². The Kier molecular flexibility index (Phi) is 3.39. The van der Waals surface area contributed by atoms with Crippen molar-refractivity contribution < 1.29 is 9.47 Å². The SMILES string of the molecule is Cc1cn2c3c(cc(CN4CCOCC4)cc3c1=O)OCC2. The number of morpholine rings is 1. The molecule has 1 saturated heterocycles. The van der Waals surface area contributed by atoms with Crippen molar-refractivity contribution in [2.24, 2.45) is 0 Å². The van der Waals surface area contributed by atoms with Gasteiger partial charge in [-0.2, -0.15) is 0 Å². The van der Waals surface area contributed by atoms with Crippen molar-refractivity contribution in [3.05, 3.63) is 39.7 Å². The van der Waals surface area contributed by atoms with Crippen molar-refractivity contribution in [1.82, 2.24) is 9.47 Å². The summed E-state index contributed by atoms with van der Waals surface area (Å²) >= 11 is 0. The zero-order valence-corrected chi connectivity index (χ0v) is 12.8. The first kappa shape index (κ1) is 13.8. The summed E-state index contributed by atoms with van der Waals surface area (Å²) in [5.74, 6) is 0.837. The third-order valence-electron chi connectivity index (χ3n) is 4.47. The lowest BCUT2D eigenvalue weighted by Gasteiger charge is -2.27. The minimum absolute atomic E-state index is 0.113. The molecule has 116 valence electrons. The predicted octanol–water partition coefficient (Wildman–Crippen LogP) is 1.53. The third-order valence-corrected chi connectivity index (χ3v) is 4.47. The van der Waals surface area contributed by atoms with Crippen LogP contribution in [0.5, 0.6) is 5.75 Å². The van der Waals surface area contributed by atoms with Crippen molar-refractivity contribution in [3.8, 4) is 5.75 Å². The fourth-order valence-corrected chi connectivity index (χ4v) is 3.35. The van der Waals surface area contributed by atoms with Gasteiger partial charge in [0.15, 0.2) is 5.43 Å². The van der Waals surface area contributed by atoms with E-state index in [0.717, 1.165) is 67.2 Å². The molecule has 5 nitrogen and oxygen atoms in total. The Morgan fingerprint density at radius 3 is 2.77 bits per heavy atom. The van der Waals surface area contributed by atoms with Crippen LogP contribution in [0, 0.1) is 6.92 Å². The largest absolute Gasteiger partial charge is 0.490 e. The lowest BCUT2D eigenvalue weighted by atomic mass is 10.1. The molecule has 2 aromatic rings. The monoisotopic (exact) mass is 300 g/mol. The van der Waals surface area contributed by atoms with Crippen LogP contribution in [0.25, 0.3) is 10.9 Å². The quantitative estimate of drug-likeness (QED) is 0.844. The van der Waals surface area contributed by atoms with Gasteiger partial charge < -0.3 is 14.0 Å². The molecular weight excluding hydrogens is 280 g/mol. The van der Waals surface area contributed by atoms with Gasteiger partial charge >= 0.3 is 0 Å². The molecule has 4 rings (SSSR count). The van der Waals surface area contributed by atoms with Gasteiger partial charge in [0.05, 0.1) is 30.7 Å². The van der Waals surface area contributed by atoms with Crippen LogP contribution in [-0.2, 0) is 17.8 Å². The summed E-state index contributed by atoms with van der Waals surface area (Å²) in [6.07, 6.45) is 1.94. The van der Waals surface area contributed by atoms with Crippen molar-refractivity contribution in [2.45, 2.75) is 20.0 Å². The standard InChI is InChI=1S/C17H20N2O3/c1-12-10-19-4-7-22-15-9-13(8-14(16(15)19)17(12)20)11-18-2-5-21-6-3-18/h8-10H,2-7,11H2,1H3. The number of benzene rings is 1. The molecule has 0 saturated carbocycles. The maximum Gasteiger partial charge on any atom is 0.192 e. The van der Waals surface area contributed by atoms with Crippen LogP contribution in [0.15, 0.2) is 23.1 Å². The Hall–Kier alpha value is -1.85. The van der Waals surface area contributed by atoms with Gasteiger partial charge in [-0.15, -0.1) is 0 Å². The minimum atomic E-state index is 0.113. The van der Waals surface area contributed by atoms with E-state index in [9.17, 15) is 4.79 Å². The van der Waals surface area contributed by atoms with Crippen molar-refractivity contribution in [1.29, 1.82) is 0 Å². The molecule has 0 atom stereocenters. The molecule has 2 aliphatic rings. The smallest absolute Gasteiger partial charge is 0.192 e. The van der Waals surface area contributed by atoms with Gasteiger partial charge in [-0.1, -0.05) is 0 Å². The van der Waals surface area contributed by atoms with Gasteiger partial charge in [0.1, 0.15) is 12.4 Å². The lowest BCUT2D eigenvalue weighted by Crippen LogP contribution is -2.35. The summed E-state index contributed by atoms with van der Waals surface area (Å²) in [5, 5.41) is 0.778. The highest BCUT2D eigenvalue weighted by Crippen LogP contribution is 2.29. The molecule has 0 aliphatic carbocycles. The van der Waals surface area contributed by atoms with Crippen LogP contribution >= 0.6 is 0 Å². The number of rotatable bonds is 2. The minimum Gasteiger partial charge on any atom is -0.490 e. The maximum absolute atomic E-state index is 12.5. The molecule has 3 heterocycles. The number of nitrogens with zero attached hydrogens (tertiary/aromatic N) is 2.